The van der Waals surface area contributed by atoms with Gasteiger partial charge in [0.2, 0.25) is 0 Å². The van der Waals surface area contributed by atoms with Gasteiger partial charge in [0.05, 0.1) is 5.75 Å². The van der Waals surface area contributed by atoms with Crippen molar-refractivity contribution in [2.45, 2.75) is 24.6 Å². The van der Waals surface area contributed by atoms with Crippen molar-refractivity contribution in [2.75, 3.05) is 0 Å². The summed E-state index contributed by atoms with van der Waals surface area (Å²) in [6.45, 7) is 6.09. The standard InChI is InChI=1S/C11H12F2N2O2S.C4H6O2S/c12-11(13)9-6-10(15-14-9)18(16,17)7-8-4-2-1-3-5-8;1-3-7(5,6)4-2/h1-5,9,11,14H,6-7H2;3-4H,1-2H2. The Morgan fingerprint density at radius 3 is 2.12 bits per heavy atom. The van der Waals surface area contributed by atoms with Crippen LogP contribution in [0.25, 0.3) is 0 Å². The molecule has 0 saturated heterocycles. The Morgan fingerprint density at radius 2 is 1.72 bits per heavy atom. The highest BCUT2D eigenvalue weighted by atomic mass is 32.2. The molecule has 138 valence electrons. The molecule has 6 nitrogen and oxygen atoms in total. The predicted octanol–water partition coefficient (Wildman–Crippen LogP) is 2.23. The molecule has 0 aliphatic carbocycles. The second-order valence-corrected chi connectivity index (χ2v) is 8.78. The minimum absolute atomic E-state index is 0.198. The predicted molar refractivity (Wildman–Crippen MR) is 93.4 cm³/mol. The van der Waals surface area contributed by atoms with Gasteiger partial charge in [-0.2, -0.15) is 5.10 Å². The molecule has 1 aromatic carbocycles. The molecule has 25 heavy (non-hydrogen) atoms. The molecule has 1 aromatic rings. The van der Waals surface area contributed by atoms with E-state index < -0.39 is 32.1 Å². The highest BCUT2D eigenvalue weighted by Crippen LogP contribution is 2.17. The SMILES string of the molecule is C=CS(=O)(=O)C=C.O=S(=O)(Cc1ccccc1)C1=NNC(C(F)F)C1. The van der Waals surface area contributed by atoms with Gasteiger partial charge in [-0.05, 0) is 5.56 Å². The van der Waals surface area contributed by atoms with Crippen molar-refractivity contribution in [2.24, 2.45) is 5.10 Å². The van der Waals surface area contributed by atoms with Crippen LogP contribution in [-0.4, -0.2) is 34.3 Å². The average molecular weight is 392 g/mol. The summed E-state index contributed by atoms with van der Waals surface area (Å²) in [4.78, 5) is 0. The van der Waals surface area contributed by atoms with Crippen molar-refractivity contribution in [1.29, 1.82) is 0 Å². The lowest BCUT2D eigenvalue weighted by molar-refractivity contribution is 0.106. The molecule has 0 aromatic heterocycles. The van der Waals surface area contributed by atoms with Crippen LogP contribution >= 0.6 is 0 Å². The van der Waals surface area contributed by atoms with Crippen LogP contribution in [0.4, 0.5) is 8.78 Å². The summed E-state index contributed by atoms with van der Waals surface area (Å²) in [6.07, 6.45) is -2.88. The number of alkyl halides is 2. The lowest BCUT2D eigenvalue weighted by Crippen LogP contribution is -2.28. The average Bonchev–Trinajstić information content (AvgIpc) is 3.07. The van der Waals surface area contributed by atoms with Gasteiger partial charge in [-0.25, -0.2) is 25.6 Å². The molecule has 0 spiro atoms. The third-order valence-electron chi connectivity index (χ3n) is 3.08. The molecule has 0 saturated carbocycles. The molecule has 0 bridgehead atoms. The lowest BCUT2D eigenvalue weighted by Gasteiger charge is -2.07. The van der Waals surface area contributed by atoms with E-state index in [0.29, 0.717) is 5.56 Å². The number of sulfone groups is 2. The van der Waals surface area contributed by atoms with Crippen LogP contribution in [0.1, 0.15) is 12.0 Å². The van der Waals surface area contributed by atoms with E-state index in [4.69, 9.17) is 0 Å². The smallest absolute Gasteiger partial charge is 0.260 e. The largest absolute Gasteiger partial charge is 0.300 e. The number of halogens is 2. The molecule has 0 amide bonds. The fourth-order valence-corrected chi connectivity index (χ4v) is 3.28. The number of nitrogens with zero attached hydrogens (tertiary/aromatic N) is 1. The van der Waals surface area contributed by atoms with E-state index in [9.17, 15) is 25.6 Å². The molecular formula is C15H18F2N2O4S2. The Bertz CT molecular complexity index is 822. The summed E-state index contributed by atoms with van der Waals surface area (Å²) in [5.41, 5.74) is 2.77. The second kappa shape index (κ2) is 8.86. The summed E-state index contributed by atoms with van der Waals surface area (Å²) in [6, 6.07) is 7.36. The first kappa shape index (κ1) is 21.0. The summed E-state index contributed by atoms with van der Waals surface area (Å²) in [5.74, 6) is -0.218. The monoisotopic (exact) mass is 392 g/mol. The maximum atomic E-state index is 12.4. The van der Waals surface area contributed by atoms with Crippen molar-refractivity contribution < 1.29 is 25.6 Å². The first-order valence-corrected chi connectivity index (χ1v) is 10.2. The molecule has 1 heterocycles. The van der Waals surface area contributed by atoms with Gasteiger partial charge >= 0.3 is 0 Å². The van der Waals surface area contributed by atoms with Crippen LogP contribution in [0, 0.1) is 0 Å². The Hall–Kier alpha value is -2.07. The zero-order valence-corrected chi connectivity index (χ0v) is 14.8. The first-order chi connectivity index (χ1) is 11.6. The van der Waals surface area contributed by atoms with Gasteiger partial charge in [0.15, 0.2) is 24.7 Å². The van der Waals surface area contributed by atoms with E-state index in [1.165, 1.54) is 0 Å². The van der Waals surface area contributed by atoms with E-state index in [0.717, 1.165) is 10.8 Å². The second-order valence-electron chi connectivity index (χ2n) is 4.95. The highest BCUT2D eigenvalue weighted by molar-refractivity contribution is 8.05. The molecule has 1 N–H and O–H groups in total. The number of hydrogen-bond donors (Lipinski definition) is 1. The Morgan fingerprint density at radius 1 is 1.16 bits per heavy atom. The van der Waals surface area contributed by atoms with Crippen molar-refractivity contribution in [1.82, 2.24) is 5.43 Å². The molecule has 1 aliphatic rings. The van der Waals surface area contributed by atoms with Crippen LogP contribution in [0.15, 0.2) is 59.4 Å². The van der Waals surface area contributed by atoms with Gasteiger partial charge in [0, 0.05) is 17.2 Å². The molecule has 0 fully saturated rings. The third kappa shape index (κ3) is 6.75. The summed E-state index contributed by atoms with van der Waals surface area (Å²) >= 11 is 0. The molecule has 1 atom stereocenters. The maximum Gasteiger partial charge on any atom is 0.260 e. The summed E-state index contributed by atoms with van der Waals surface area (Å²) < 4.78 is 69.0. The van der Waals surface area contributed by atoms with Crippen LogP contribution in [0.3, 0.4) is 0 Å². The fraction of sp³-hybridized carbons (Fsp3) is 0.267. The van der Waals surface area contributed by atoms with E-state index in [1.54, 1.807) is 30.3 Å². The van der Waals surface area contributed by atoms with Crippen LogP contribution in [0.5, 0.6) is 0 Å². The summed E-state index contributed by atoms with van der Waals surface area (Å²) in [7, 11) is -6.75. The molecule has 1 aliphatic heterocycles. The van der Waals surface area contributed by atoms with Crippen LogP contribution in [-0.2, 0) is 25.4 Å². The van der Waals surface area contributed by atoms with E-state index in [2.05, 4.69) is 23.7 Å². The lowest BCUT2D eigenvalue weighted by atomic mass is 10.2. The van der Waals surface area contributed by atoms with Crippen molar-refractivity contribution >= 4 is 24.7 Å². The Balaban J connectivity index is 0.000000381. The number of benzene rings is 1. The van der Waals surface area contributed by atoms with Gasteiger partial charge in [0.25, 0.3) is 6.43 Å². The van der Waals surface area contributed by atoms with E-state index in [-0.39, 0.29) is 17.2 Å². The Labute approximate surface area is 145 Å². The van der Waals surface area contributed by atoms with Crippen LogP contribution < -0.4 is 5.43 Å². The van der Waals surface area contributed by atoms with Crippen molar-refractivity contribution in [3.8, 4) is 0 Å². The van der Waals surface area contributed by atoms with Crippen molar-refractivity contribution in [3.63, 3.8) is 0 Å². The zero-order chi connectivity index (χ0) is 19.1. The van der Waals surface area contributed by atoms with Crippen molar-refractivity contribution in [3.05, 3.63) is 59.9 Å². The van der Waals surface area contributed by atoms with Gasteiger partial charge in [0.1, 0.15) is 6.04 Å². The quantitative estimate of drug-likeness (QED) is 0.830. The molecule has 10 heteroatoms. The minimum Gasteiger partial charge on any atom is -0.300 e. The molecule has 2 rings (SSSR count). The normalized spacial score (nSPS) is 17.1. The van der Waals surface area contributed by atoms with E-state index >= 15 is 0 Å². The summed E-state index contributed by atoms with van der Waals surface area (Å²) in [5, 5.41) is 5.00. The fourth-order valence-electron chi connectivity index (χ4n) is 1.72. The molecule has 1 unspecified atom stereocenters. The number of rotatable bonds is 5. The minimum atomic E-state index is -3.63. The first-order valence-electron chi connectivity index (χ1n) is 6.98. The number of hydrogen-bond acceptors (Lipinski definition) is 6. The van der Waals surface area contributed by atoms with Gasteiger partial charge in [-0.3, -0.25) is 5.43 Å². The Kier molecular flexibility index (Phi) is 7.43. The van der Waals surface area contributed by atoms with Crippen LogP contribution in [0.2, 0.25) is 0 Å². The number of nitrogens with one attached hydrogen (secondary N) is 1. The number of hydrazone groups is 1. The molecule has 0 radical (unpaired) electrons. The topological polar surface area (TPSA) is 92.7 Å². The van der Waals surface area contributed by atoms with Gasteiger partial charge < -0.3 is 0 Å². The highest BCUT2D eigenvalue weighted by Gasteiger charge is 2.33. The third-order valence-corrected chi connectivity index (χ3v) is 5.70. The maximum absolute atomic E-state index is 12.4. The van der Waals surface area contributed by atoms with Gasteiger partial charge in [-0.15, -0.1) is 0 Å². The molecular weight excluding hydrogens is 374 g/mol. The van der Waals surface area contributed by atoms with E-state index in [1.807, 2.05) is 0 Å². The van der Waals surface area contributed by atoms with Gasteiger partial charge in [-0.1, -0.05) is 43.5 Å². The zero-order valence-electron chi connectivity index (χ0n) is 13.2.